The molecule has 2 fully saturated rings. The molecule has 1 unspecified atom stereocenters. The van der Waals surface area contributed by atoms with Gasteiger partial charge in [0.15, 0.2) is 6.23 Å². The predicted octanol–water partition coefficient (Wildman–Crippen LogP) is 2.19. The van der Waals surface area contributed by atoms with E-state index in [-0.39, 0.29) is 0 Å². The number of nitrogens with one attached hydrogen (secondary N) is 1. The Labute approximate surface area is 188 Å². The van der Waals surface area contributed by atoms with Gasteiger partial charge in [-0.1, -0.05) is 35.2 Å². The van der Waals surface area contributed by atoms with Crippen molar-refractivity contribution < 1.29 is 25.2 Å². The average Bonchev–Trinajstić information content (AvgIpc) is 2.71. The molecule has 0 radical (unpaired) electrons. The molecule has 1 aromatic rings. The summed E-state index contributed by atoms with van der Waals surface area (Å²) >= 11 is 7.13. The van der Waals surface area contributed by atoms with Gasteiger partial charge in [0.1, 0.15) is 24.4 Å². The molecule has 1 aromatic carbocycles. The predicted molar refractivity (Wildman–Crippen MR) is 118 cm³/mol. The first-order valence-electron chi connectivity index (χ1n) is 10.1. The van der Waals surface area contributed by atoms with E-state index in [1.807, 2.05) is 12.1 Å². The number of rotatable bonds is 6. The van der Waals surface area contributed by atoms with Gasteiger partial charge < -0.3 is 30.5 Å². The highest BCUT2D eigenvalue weighted by Crippen LogP contribution is 2.35. The number of anilines is 1. The number of aliphatic hydroxyl groups is 4. The number of hydrogen-bond acceptors (Lipinski definition) is 7. The summed E-state index contributed by atoms with van der Waals surface area (Å²) in [6, 6.07) is 4.47. The molecule has 0 bridgehead atoms. The zero-order chi connectivity index (χ0) is 21.1. The normalized spacial score (nSPS) is 31.2. The summed E-state index contributed by atoms with van der Waals surface area (Å²) in [4.78, 5) is 2.35. The standard InChI is InChI=1S/C20H30Br2N2O5/c1-24(13-5-3-2-4-6-13)9-11-7-12(21)8-14(22)16(11)23-20-19(28)18(27)17(26)15(10-25)29-20/h7-8,13,15,17-20,23,25-28H,2-6,9-10H2,1H3/t15-,17-,18+,19-,20?/m1/s1. The van der Waals surface area contributed by atoms with Crippen molar-refractivity contribution in [1.29, 1.82) is 0 Å². The van der Waals surface area contributed by atoms with E-state index in [1.165, 1.54) is 32.1 Å². The Kier molecular flexibility index (Phi) is 8.37. The van der Waals surface area contributed by atoms with Crippen LogP contribution in [0.25, 0.3) is 0 Å². The maximum atomic E-state index is 10.4. The van der Waals surface area contributed by atoms with Gasteiger partial charge in [-0.2, -0.15) is 0 Å². The van der Waals surface area contributed by atoms with Crippen LogP contribution in [0.2, 0.25) is 0 Å². The van der Waals surface area contributed by atoms with E-state index < -0.39 is 37.3 Å². The van der Waals surface area contributed by atoms with Crippen LogP contribution in [0.4, 0.5) is 5.69 Å². The molecule has 0 aromatic heterocycles. The Hall–Kier alpha value is -0.260. The van der Waals surface area contributed by atoms with Crippen molar-refractivity contribution in [2.45, 2.75) is 75.3 Å². The van der Waals surface area contributed by atoms with Crippen LogP contribution in [0, 0.1) is 0 Å². The maximum absolute atomic E-state index is 10.4. The Morgan fingerprint density at radius 1 is 1.07 bits per heavy atom. The second-order valence-corrected chi connectivity index (χ2v) is 9.79. The number of benzene rings is 1. The Balaban J connectivity index is 1.81. The first kappa shape index (κ1) is 23.4. The van der Waals surface area contributed by atoms with E-state index in [9.17, 15) is 20.4 Å². The fourth-order valence-electron chi connectivity index (χ4n) is 4.20. The smallest absolute Gasteiger partial charge is 0.157 e. The van der Waals surface area contributed by atoms with E-state index in [1.54, 1.807) is 0 Å². The van der Waals surface area contributed by atoms with Crippen molar-refractivity contribution in [3.63, 3.8) is 0 Å². The van der Waals surface area contributed by atoms with Gasteiger partial charge in [0.2, 0.25) is 0 Å². The number of hydrogen-bond donors (Lipinski definition) is 5. The number of halogens is 2. The molecule has 9 heteroatoms. The van der Waals surface area contributed by atoms with E-state index in [0.29, 0.717) is 12.6 Å². The molecular formula is C20H30Br2N2O5. The molecule has 2 aliphatic rings. The van der Waals surface area contributed by atoms with Crippen LogP contribution in [0.15, 0.2) is 21.1 Å². The lowest BCUT2D eigenvalue weighted by atomic mass is 9.94. The van der Waals surface area contributed by atoms with Gasteiger partial charge in [-0.25, -0.2) is 0 Å². The lowest BCUT2D eigenvalue weighted by Crippen LogP contribution is -2.60. The summed E-state index contributed by atoms with van der Waals surface area (Å²) in [7, 11) is 2.13. The molecule has 0 amide bonds. The first-order valence-corrected chi connectivity index (χ1v) is 11.7. The van der Waals surface area contributed by atoms with Crippen molar-refractivity contribution in [3.8, 4) is 0 Å². The lowest BCUT2D eigenvalue weighted by molar-refractivity contribution is -0.221. The topological polar surface area (TPSA) is 105 Å². The molecule has 29 heavy (non-hydrogen) atoms. The first-order chi connectivity index (χ1) is 13.8. The van der Waals surface area contributed by atoms with E-state index in [2.05, 4.69) is 49.1 Å². The molecule has 5 atom stereocenters. The largest absolute Gasteiger partial charge is 0.394 e. The minimum absolute atomic E-state index is 0.456. The molecular weight excluding hydrogens is 508 g/mol. The van der Waals surface area contributed by atoms with Crippen molar-refractivity contribution in [3.05, 3.63) is 26.6 Å². The van der Waals surface area contributed by atoms with Gasteiger partial charge in [-0.3, -0.25) is 4.90 Å². The van der Waals surface area contributed by atoms with Crippen molar-refractivity contribution in [1.82, 2.24) is 4.90 Å². The lowest BCUT2D eigenvalue weighted by Gasteiger charge is -2.41. The van der Waals surface area contributed by atoms with Crippen molar-refractivity contribution >= 4 is 37.5 Å². The molecule has 1 saturated carbocycles. The Bertz CT molecular complexity index is 687. The van der Waals surface area contributed by atoms with Crippen molar-refractivity contribution in [2.75, 3.05) is 19.0 Å². The van der Waals surface area contributed by atoms with Gasteiger partial charge in [0.05, 0.1) is 12.3 Å². The van der Waals surface area contributed by atoms with Crippen LogP contribution in [0.5, 0.6) is 0 Å². The second kappa shape index (κ2) is 10.4. The van der Waals surface area contributed by atoms with E-state index >= 15 is 0 Å². The highest BCUT2D eigenvalue weighted by atomic mass is 79.9. The number of nitrogens with zero attached hydrogens (tertiary/aromatic N) is 1. The maximum Gasteiger partial charge on any atom is 0.157 e. The highest BCUT2D eigenvalue weighted by Gasteiger charge is 2.43. The average molecular weight is 538 g/mol. The highest BCUT2D eigenvalue weighted by molar-refractivity contribution is 9.11. The van der Waals surface area contributed by atoms with Gasteiger partial charge >= 0.3 is 0 Å². The van der Waals surface area contributed by atoms with Crippen LogP contribution in [-0.4, -0.2) is 75.7 Å². The molecule has 1 aliphatic carbocycles. The molecule has 0 spiro atoms. The van der Waals surface area contributed by atoms with Crippen LogP contribution < -0.4 is 5.32 Å². The zero-order valence-electron chi connectivity index (χ0n) is 16.5. The van der Waals surface area contributed by atoms with Crippen LogP contribution in [0.1, 0.15) is 37.7 Å². The minimum atomic E-state index is -1.42. The molecule has 1 aliphatic heterocycles. The number of aliphatic hydroxyl groups excluding tert-OH is 4. The molecule has 7 nitrogen and oxygen atoms in total. The Morgan fingerprint density at radius 2 is 1.76 bits per heavy atom. The van der Waals surface area contributed by atoms with Gasteiger partial charge in [0, 0.05) is 21.5 Å². The van der Waals surface area contributed by atoms with Crippen LogP contribution in [-0.2, 0) is 11.3 Å². The molecule has 5 N–H and O–H groups in total. The molecule has 1 heterocycles. The van der Waals surface area contributed by atoms with Gasteiger partial charge in [0.25, 0.3) is 0 Å². The third-order valence-corrected chi connectivity index (χ3v) is 7.02. The summed E-state index contributed by atoms with van der Waals surface area (Å²) in [5.41, 5.74) is 1.76. The van der Waals surface area contributed by atoms with E-state index in [0.717, 1.165) is 20.2 Å². The summed E-state index contributed by atoms with van der Waals surface area (Å²) in [6.45, 7) is 0.254. The minimum Gasteiger partial charge on any atom is -0.394 e. The third kappa shape index (κ3) is 5.51. The summed E-state index contributed by atoms with van der Waals surface area (Å²) in [5, 5.41) is 43.1. The summed E-state index contributed by atoms with van der Waals surface area (Å²) < 4.78 is 7.34. The Morgan fingerprint density at radius 3 is 2.41 bits per heavy atom. The quantitative estimate of drug-likeness (QED) is 0.379. The fourth-order valence-corrected chi connectivity index (χ4v) is 5.62. The van der Waals surface area contributed by atoms with Crippen molar-refractivity contribution in [2.24, 2.45) is 0 Å². The zero-order valence-corrected chi connectivity index (χ0v) is 19.6. The van der Waals surface area contributed by atoms with Gasteiger partial charge in [-0.05, 0) is 53.5 Å². The second-order valence-electron chi connectivity index (χ2n) is 8.02. The third-order valence-electron chi connectivity index (χ3n) is 5.93. The SMILES string of the molecule is CN(Cc1cc(Br)cc(Br)c1NC1O[C@H](CO)[C@@H](O)[C@H](O)[C@H]1O)C1CCCCC1. The fraction of sp³-hybridized carbons (Fsp3) is 0.700. The summed E-state index contributed by atoms with van der Waals surface area (Å²) in [5.74, 6) is 0. The molecule has 164 valence electrons. The van der Waals surface area contributed by atoms with Crippen LogP contribution >= 0.6 is 31.9 Å². The number of ether oxygens (including phenoxy) is 1. The van der Waals surface area contributed by atoms with Gasteiger partial charge in [-0.15, -0.1) is 0 Å². The monoisotopic (exact) mass is 536 g/mol. The molecule has 1 saturated heterocycles. The van der Waals surface area contributed by atoms with Crippen LogP contribution in [0.3, 0.4) is 0 Å². The molecule has 3 rings (SSSR count). The van der Waals surface area contributed by atoms with E-state index in [4.69, 9.17) is 4.74 Å². The summed E-state index contributed by atoms with van der Waals surface area (Å²) in [6.07, 6.45) is 0.154.